The molecule has 13 nitrogen and oxygen atoms in total. The van der Waals surface area contributed by atoms with Gasteiger partial charge in [-0.25, -0.2) is 0 Å². The molecule has 0 amide bonds. The minimum Gasteiger partial charge on any atom is -1.00 e. The summed E-state index contributed by atoms with van der Waals surface area (Å²) in [5, 5.41) is 42.8. The van der Waals surface area contributed by atoms with Crippen molar-refractivity contribution in [2.24, 2.45) is 0 Å². The Labute approximate surface area is 426 Å². The number of nitrogens with one attached hydrogen (secondary N) is 1. The standard InChI is InChI=1S/C17H9ClIN5.C10H7Cl2N.C7H3IN4.CH3F.CH2O3.ClH.2Na.H/c18-13-4-11-3-10(1-2-14(11)22-7-13)9-24-15-8-21-6-12(5-20)16(15)17(19)23-24;11-5-7-1-2-10-8(3-7)4-9(12)6-13-10;8-7-6-4(1-9)2-10-3-5(6)11-12-7;1-2;2-1-4-3;;;;/h1-4,6-8H,9H2;1-4,6H,5H2;2-3H,(H,11,12);1H3;1,3H;1H;;;/q;;;;;;2*+1;-1/p-1/i;;;1D;;;;;. The second kappa shape index (κ2) is 27.3. The van der Waals surface area contributed by atoms with E-state index in [9.17, 15) is 9.65 Å². The van der Waals surface area contributed by atoms with Crippen LogP contribution in [-0.4, -0.2) is 53.5 Å². The molecule has 0 aliphatic carbocycles. The van der Waals surface area contributed by atoms with E-state index in [-0.39, 0.29) is 79.4 Å². The fraction of sp³-hybridized carbons (Fsp3) is 0.0833. The number of nitriles is 2. The topological polar surface area (TPSA) is 195 Å². The molecule has 0 aliphatic rings. The summed E-state index contributed by atoms with van der Waals surface area (Å²) in [6, 6.07) is 20.0. The first-order chi connectivity index (χ1) is 27.1. The Bertz CT molecular complexity index is 2710. The third-order valence-corrected chi connectivity index (χ3v) is 9.49. The fourth-order valence-electron chi connectivity index (χ4n) is 4.95. The van der Waals surface area contributed by atoms with Gasteiger partial charge in [-0.3, -0.25) is 38.9 Å². The normalized spacial score (nSPS) is 9.71. The van der Waals surface area contributed by atoms with Crippen molar-refractivity contribution in [3.05, 3.63) is 125 Å². The average Bonchev–Trinajstić information content (AvgIpc) is 3.76. The molecule has 58 heavy (non-hydrogen) atoms. The summed E-state index contributed by atoms with van der Waals surface area (Å²) < 4.78 is 19.0. The number of hydrogen-bond acceptors (Lipinski definition) is 11. The summed E-state index contributed by atoms with van der Waals surface area (Å²) in [4.78, 5) is 27.8. The fourth-order valence-corrected chi connectivity index (χ4v) is 6.97. The van der Waals surface area contributed by atoms with Crippen LogP contribution in [0.3, 0.4) is 0 Å². The van der Waals surface area contributed by atoms with E-state index in [4.69, 9.17) is 51.5 Å². The molecule has 288 valence electrons. The zero-order valence-corrected chi connectivity index (χ0v) is 41.6. The van der Waals surface area contributed by atoms with Crippen molar-refractivity contribution in [3.8, 4) is 12.1 Å². The van der Waals surface area contributed by atoms with Crippen molar-refractivity contribution in [1.29, 1.82) is 10.5 Å². The maximum Gasteiger partial charge on any atom is 1.00 e. The van der Waals surface area contributed by atoms with Crippen LogP contribution in [-0.2, 0) is 22.1 Å². The van der Waals surface area contributed by atoms with Gasteiger partial charge in [0.1, 0.15) is 25.1 Å². The first-order valence-electron chi connectivity index (χ1n) is 15.8. The van der Waals surface area contributed by atoms with Crippen LogP contribution in [0.4, 0.5) is 4.39 Å². The average molecular weight is 1110 g/mol. The number of hydrogen-bond donors (Lipinski definition) is 1. The van der Waals surface area contributed by atoms with Crippen molar-refractivity contribution in [2.75, 3.05) is 7.15 Å². The van der Waals surface area contributed by atoms with Crippen LogP contribution in [0.25, 0.3) is 43.6 Å². The maximum atomic E-state index is 9.96. The third-order valence-electron chi connectivity index (χ3n) is 7.23. The van der Waals surface area contributed by atoms with Crippen LogP contribution in [0.1, 0.15) is 25.1 Å². The van der Waals surface area contributed by atoms with Crippen LogP contribution in [0.5, 0.6) is 0 Å². The molecular weight excluding hydrogens is 1080 g/mol. The van der Waals surface area contributed by atoms with Crippen molar-refractivity contribution in [3.63, 3.8) is 0 Å². The Morgan fingerprint density at radius 2 is 1.41 bits per heavy atom. The number of pyridine rings is 4. The van der Waals surface area contributed by atoms with E-state index in [1.54, 1.807) is 37.2 Å². The van der Waals surface area contributed by atoms with E-state index in [0.717, 1.165) is 62.1 Å². The van der Waals surface area contributed by atoms with E-state index >= 15 is 0 Å². The second-order valence-electron chi connectivity index (χ2n) is 10.6. The van der Waals surface area contributed by atoms with E-state index in [0.29, 0.717) is 33.6 Å². The zero-order valence-electron chi connectivity index (χ0n) is 32.2. The molecule has 0 saturated heterocycles. The van der Waals surface area contributed by atoms with Gasteiger partial charge in [-0.15, -0.1) is 24.0 Å². The largest absolute Gasteiger partial charge is 1.00 e. The molecule has 8 aromatic rings. The SMILES string of the molecule is Cl.ClCc1ccc2ncc(Cl)cc2c1.N#Cc1cncc2c1c(I)nn2Cc1ccc2ncc(Cl)cc2c1.N#Cc1cncc2n[nH]c(I)c12.O=CO[O-].[2H]CF.[H-].[Na+].[Na+]. The number of H-pyrrole nitrogens is 1. The van der Waals surface area contributed by atoms with Gasteiger partial charge in [-0.1, -0.05) is 35.3 Å². The molecule has 2 aromatic carbocycles. The number of aromatic amines is 1. The quantitative estimate of drug-likeness (QED) is 0.0681. The predicted octanol–water partition coefficient (Wildman–Crippen LogP) is 2.78. The Morgan fingerprint density at radius 1 is 0.897 bits per heavy atom. The van der Waals surface area contributed by atoms with Gasteiger partial charge in [0.2, 0.25) is 0 Å². The summed E-state index contributed by atoms with van der Waals surface area (Å²) in [6.45, 7) is 0.401. The Balaban J connectivity index is 0.000000830. The Morgan fingerprint density at radius 3 is 1.95 bits per heavy atom. The molecule has 0 bridgehead atoms. The van der Waals surface area contributed by atoms with Gasteiger partial charge in [0.05, 0.1) is 76.0 Å². The van der Waals surface area contributed by atoms with E-state index < -0.39 is 7.15 Å². The van der Waals surface area contributed by atoms with Gasteiger partial charge < -0.3 is 11.6 Å². The van der Waals surface area contributed by atoms with E-state index in [2.05, 4.69) is 104 Å². The van der Waals surface area contributed by atoms with E-state index in [1.165, 1.54) is 0 Å². The number of rotatable bonds is 4. The van der Waals surface area contributed by atoms with Crippen LogP contribution in [0.2, 0.25) is 10.0 Å². The number of nitrogens with zero attached hydrogens (tertiary/aromatic N) is 9. The van der Waals surface area contributed by atoms with Gasteiger partial charge in [-0.2, -0.15) is 20.7 Å². The predicted molar refractivity (Wildman–Crippen MR) is 231 cm³/mol. The third kappa shape index (κ3) is 14.3. The van der Waals surface area contributed by atoms with Crippen molar-refractivity contribution in [1.82, 2.24) is 39.9 Å². The van der Waals surface area contributed by atoms with Crippen LogP contribution >= 0.6 is 92.4 Å². The molecule has 0 spiro atoms. The molecular formula is C36H25Cl4FI2N10Na2O3. The van der Waals surface area contributed by atoms with Crippen LogP contribution in [0, 0.1) is 30.1 Å². The number of fused-ring (bicyclic) bond motifs is 4. The summed E-state index contributed by atoms with van der Waals surface area (Å²) >= 11 is 21.8. The Kier molecular flexibility index (Phi) is 24.3. The summed E-state index contributed by atoms with van der Waals surface area (Å²) in [7, 11) is -1.00. The van der Waals surface area contributed by atoms with Gasteiger partial charge in [-0.05, 0) is 92.7 Å². The molecule has 6 heterocycles. The molecule has 8 rings (SSSR count). The molecule has 0 unspecified atom stereocenters. The first-order valence-corrected chi connectivity index (χ1v) is 18.6. The minimum atomic E-state index is -1.00. The monoisotopic (exact) mass is 1100 g/mol. The smallest absolute Gasteiger partial charge is 1.00 e. The molecule has 0 radical (unpaired) electrons. The number of benzene rings is 2. The minimum absolute atomic E-state index is 0. The van der Waals surface area contributed by atoms with Gasteiger partial charge in [0, 0.05) is 41.4 Å². The number of alkyl halides is 2. The number of halogens is 7. The van der Waals surface area contributed by atoms with Crippen molar-refractivity contribution < 1.29 is 81.2 Å². The number of aromatic nitrogens is 8. The van der Waals surface area contributed by atoms with Crippen molar-refractivity contribution >= 4 is 142 Å². The maximum absolute atomic E-state index is 9.96. The van der Waals surface area contributed by atoms with Crippen LogP contribution < -0.4 is 64.4 Å². The van der Waals surface area contributed by atoms with Gasteiger partial charge in [0.15, 0.2) is 0 Å². The summed E-state index contributed by atoms with van der Waals surface area (Å²) in [6.07, 6.45) is 9.77. The van der Waals surface area contributed by atoms with Crippen LogP contribution in [0.15, 0.2) is 85.7 Å². The van der Waals surface area contributed by atoms with Gasteiger partial charge >= 0.3 is 59.1 Å². The second-order valence-corrected chi connectivity index (χ2v) is 13.8. The summed E-state index contributed by atoms with van der Waals surface area (Å²) in [5.74, 6) is 0.516. The molecule has 0 atom stereocenters. The first kappa shape index (κ1) is 51.6. The zero-order chi connectivity index (χ0) is 40.6. The molecule has 0 saturated carbocycles. The summed E-state index contributed by atoms with van der Waals surface area (Å²) in [5.41, 5.74) is 6.69. The molecule has 0 fully saturated rings. The van der Waals surface area contributed by atoms with E-state index in [1.807, 2.05) is 47.1 Å². The molecule has 1 N–H and O–H groups in total. The number of carbonyl (C=O) groups is 1. The molecule has 6 aromatic heterocycles. The molecule has 22 heteroatoms. The molecule has 0 aliphatic heterocycles. The Hall–Kier alpha value is -2.54. The van der Waals surface area contributed by atoms with Crippen molar-refractivity contribution in [2.45, 2.75) is 12.4 Å². The number of carbonyl (C=O) groups excluding carboxylic acids is 1. The van der Waals surface area contributed by atoms with Gasteiger partial charge in [0.25, 0.3) is 6.47 Å².